The topological polar surface area (TPSA) is 15.8 Å². The Morgan fingerprint density at radius 1 is 1.00 bits per heavy atom. The van der Waals surface area contributed by atoms with E-state index < -0.39 is 0 Å². The zero-order chi connectivity index (χ0) is 7.82. The Labute approximate surface area is 64.2 Å². The van der Waals surface area contributed by atoms with Gasteiger partial charge in [-0.2, -0.15) is 0 Å². The van der Waals surface area contributed by atoms with Crippen LogP contribution in [0.25, 0.3) is 0 Å². The minimum atomic E-state index is 1.00. The molecule has 1 heterocycles. The van der Waals surface area contributed by atoms with Gasteiger partial charge in [0.15, 0.2) is 0 Å². The van der Waals surface area contributed by atoms with E-state index in [0.29, 0.717) is 0 Å². The predicted octanol–water partition coefficient (Wildman–Crippen LogP) is 1.36. The van der Waals surface area contributed by atoms with Crippen molar-refractivity contribution in [1.82, 2.24) is 4.90 Å². The van der Waals surface area contributed by atoms with Crippen LogP contribution in [0.1, 0.15) is 20.8 Å². The molecule has 0 aromatic carbocycles. The van der Waals surface area contributed by atoms with Gasteiger partial charge in [0.1, 0.15) is 0 Å². The fourth-order valence-corrected chi connectivity index (χ4v) is 0.671. The maximum Gasteiger partial charge on any atom is 0.0701 e. The van der Waals surface area contributed by atoms with Gasteiger partial charge in [0, 0.05) is 0 Å². The molecule has 0 bridgehead atoms. The van der Waals surface area contributed by atoms with Gasteiger partial charge in [-0.3, -0.25) is 0 Å². The summed E-state index contributed by atoms with van der Waals surface area (Å²) in [4.78, 5) is 2.38. The Balaban J connectivity index is 0.000000219. The third-order valence-electron chi connectivity index (χ3n) is 1.55. The molecule has 0 spiro atoms. The van der Waals surface area contributed by atoms with Gasteiger partial charge in [0.25, 0.3) is 0 Å². The Hall–Kier alpha value is -0.0800. The normalized spacial score (nSPS) is 14.4. The largest absolute Gasteiger partial charge is 0.377 e. The van der Waals surface area contributed by atoms with Crippen molar-refractivity contribution in [1.29, 1.82) is 0 Å². The van der Waals surface area contributed by atoms with Crippen molar-refractivity contribution in [3.05, 3.63) is 0 Å². The summed E-state index contributed by atoms with van der Waals surface area (Å²) in [5.74, 6) is 0. The van der Waals surface area contributed by atoms with Crippen LogP contribution in [0.3, 0.4) is 0 Å². The van der Waals surface area contributed by atoms with E-state index in [4.69, 9.17) is 0 Å². The van der Waals surface area contributed by atoms with Crippen molar-refractivity contribution in [3.8, 4) is 0 Å². The first-order valence-corrected chi connectivity index (χ1v) is 4.15. The fraction of sp³-hybridized carbons (Fsp3) is 1.00. The van der Waals surface area contributed by atoms with E-state index >= 15 is 0 Å². The van der Waals surface area contributed by atoms with Gasteiger partial charge in [-0.25, -0.2) is 0 Å². The summed E-state index contributed by atoms with van der Waals surface area (Å²) in [5.41, 5.74) is 0. The van der Waals surface area contributed by atoms with Crippen LogP contribution in [-0.2, 0) is 4.74 Å². The van der Waals surface area contributed by atoms with Crippen LogP contribution in [0.5, 0.6) is 0 Å². The lowest BCUT2D eigenvalue weighted by Crippen LogP contribution is -2.21. The van der Waals surface area contributed by atoms with Crippen molar-refractivity contribution in [3.63, 3.8) is 0 Å². The third-order valence-corrected chi connectivity index (χ3v) is 1.55. The molecule has 62 valence electrons. The van der Waals surface area contributed by atoms with E-state index in [1.807, 2.05) is 0 Å². The van der Waals surface area contributed by atoms with Crippen LogP contribution in [0, 0.1) is 0 Å². The Bertz CT molecular complexity index is 52.0. The maximum absolute atomic E-state index is 4.50. The van der Waals surface area contributed by atoms with Gasteiger partial charge in [-0.05, 0) is 19.6 Å². The number of rotatable bonds is 3. The first kappa shape index (κ1) is 9.92. The minimum Gasteiger partial charge on any atom is -0.377 e. The highest BCUT2D eigenvalue weighted by molar-refractivity contribution is 4.43. The van der Waals surface area contributed by atoms with Crippen LogP contribution >= 0.6 is 0 Å². The average molecular weight is 145 g/mol. The predicted molar refractivity (Wildman–Crippen MR) is 44.3 cm³/mol. The quantitative estimate of drug-likeness (QED) is 0.557. The van der Waals surface area contributed by atoms with Crippen LogP contribution < -0.4 is 0 Å². The van der Waals surface area contributed by atoms with Gasteiger partial charge < -0.3 is 9.64 Å². The standard InChI is InChI=1S/C6H15N.C2H4O/c1-4-7(5-2)6-3;1-2-3-1/h4-6H2,1-3H3;1-2H2. The summed E-state index contributed by atoms with van der Waals surface area (Å²) in [6.45, 7) is 12.1. The Morgan fingerprint density at radius 2 is 1.30 bits per heavy atom. The fourth-order valence-electron chi connectivity index (χ4n) is 0.671. The Kier molecular flexibility index (Phi) is 6.98. The van der Waals surface area contributed by atoms with Crippen LogP contribution in [-0.4, -0.2) is 37.7 Å². The smallest absolute Gasteiger partial charge is 0.0701 e. The second-order valence-corrected chi connectivity index (χ2v) is 2.23. The number of hydrogen-bond donors (Lipinski definition) is 0. The second kappa shape index (κ2) is 7.03. The number of ether oxygens (including phenoxy) is 1. The molecule has 2 nitrogen and oxygen atoms in total. The number of nitrogens with zero attached hydrogens (tertiary/aromatic N) is 1. The number of epoxide rings is 1. The summed E-state index contributed by atoms with van der Waals surface area (Å²) >= 11 is 0. The molecule has 0 radical (unpaired) electrons. The lowest BCUT2D eigenvalue weighted by atomic mass is 10.5. The molecule has 1 aliphatic heterocycles. The maximum atomic E-state index is 4.50. The van der Waals surface area contributed by atoms with Crippen molar-refractivity contribution >= 4 is 0 Å². The van der Waals surface area contributed by atoms with Gasteiger partial charge in [0.05, 0.1) is 13.2 Å². The molecule has 1 aliphatic rings. The van der Waals surface area contributed by atoms with Crippen LogP contribution in [0.4, 0.5) is 0 Å². The van der Waals surface area contributed by atoms with E-state index in [1.165, 1.54) is 19.6 Å². The molecule has 0 N–H and O–H groups in total. The van der Waals surface area contributed by atoms with E-state index in [9.17, 15) is 0 Å². The molecule has 10 heavy (non-hydrogen) atoms. The minimum absolute atomic E-state index is 1.00. The molecule has 0 aliphatic carbocycles. The summed E-state index contributed by atoms with van der Waals surface area (Å²) in [7, 11) is 0. The molecule has 1 rings (SSSR count). The Morgan fingerprint density at radius 3 is 1.30 bits per heavy atom. The molecule has 0 amide bonds. The molecule has 0 atom stereocenters. The SMILES string of the molecule is C1CO1.CCN(CC)CC. The molecule has 0 aromatic heterocycles. The lowest BCUT2D eigenvalue weighted by Gasteiger charge is -2.13. The zero-order valence-electron chi connectivity index (χ0n) is 7.39. The van der Waals surface area contributed by atoms with E-state index in [-0.39, 0.29) is 0 Å². The van der Waals surface area contributed by atoms with E-state index in [0.717, 1.165) is 13.2 Å². The van der Waals surface area contributed by atoms with Crippen LogP contribution in [0.15, 0.2) is 0 Å². The molecule has 1 fully saturated rings. The molecule has 0 saturated carbocycles. The molecular formula is C8H19NO. The molecule has 2 heteroatoms. The van der Waals surface area contributed by atoms with Crippen LogP contribution in [0.2, 0.25) is 0 Å². The van der Waals surface area contributed by atoms with Gasteiger partial charge in [-0.1, -0.05) is 20.8 Å². The summed E-state index contributed by atoms with van der Waals surface area (Å²) in [6.07, 6.45) is 0. The average Bonchev–Trinajstić information content (AvgIpc) is 2.76. The van der Waals surface area contributed by atoms with Gasteiger partial charge in [0.2, 0.25) is 0 Å². The van der Waals surface area contributed by atoms with Crippen molar-refractivity contribution in [2.24, 2.45) is 0 Å². The molecule has 0 aromatic rings. The monoisotopic (exact) mass is 145 g/mol. The van der Waals surface area contributed by atoms with Crippen molar-refractivity contribution in [2.75, 3.05) is 32.8 Å². The second-order valence-electron chi connectivity index (χ2n) is 2.23. The summed E-state index contributed by atoms with van der Waals surface area (Å²) < 4.78 is 4.50. The van der Waals surface area contributed by atoms with E-state index in [2.05, 4.69) is 30.4 Å². The molecule has 0 unspecified atom stereocenters. The molecule has 1 saturated heterocycles. The number of hydrogen-bond acceptors (Lipinski definition) is 2. The lowest BCUT2D eigenvalue weighted by molar-refractivity contribution is 0.321. The van der Waals surface area contributed by atoms with Gasteiger partial charge >= 0.3 is 0 Å². The first-order valence-electron chi connectivity index (χ1n) is 4.15. The highest BCUT2D eigenvalue weighted by atomic mass is 16.6. The third kappa shape index (κ3) is 7.92. The highest BCUT2D eigenvalue weighted by Gasteiger charge is 1.94. The summed E-state index contributed by atoms with van der Waals surface area (Å²) in [6, 6.07) is 0. The zero-order valence-corrected chi connectivity index (χ0v) is 7.39. The molecular weight excluding hydrogens is 126 g/mol. The highest BCUT2D eigenvalue weighted by Crippen LogP contribution is 1.84. The summed E-state index contributed by atoms with van der Waals surface area (Å²) in [5, 5.41) is 0. The van der Waals surface area contributed by atoms with E-state index in [1.54, 1.807) is 0 Å². The van der Waals surface area contributed by atoms with Crippen molar-refractivity contribution < 1.29 is 4.74 Å². The van der Waals surface area contributed by atoms with Crippen molar-refractivity contribution in [2.45, 2.75) is 20.8 Å². The van der Waals surface area contributed by atoms with Gasteiger partial charge in [-0.15, -0.1) is 0 Å². The first-order chi connectivity index (χ1) is 4.85.